The van der Waals surface area contributed by atoms with Crippen molar-refractivity contribution in [3.05, 3.63) is 29.6 Å². The lowest BCUT2D eigenvalue weighted by molar-refractivity contribution is -0.149. The number of ether oxygens (including phenoxy) is 2. The van der Waals surface area contributed by atoms with E-state index in [4.69, 9.17) is 9.47 Å². The van der Waals surface area contributed by atoms with Gasteiger partial charge in [-0.1, -0.05) is 0 Å². The molecule has 1 aromatic rings. The van der Waals surface area contributed by atoms with Crippen LogP contribution in [0.1, 0.15) is 25.3 Å². The fourth-order valence-electron chi connectivity index (χ4n) is 2.00. The average Bonchev–Trinajstić information content (AvgIpc) is 3.23. The molecule has 110 valence electrons. The molecule has 2 rings (SSSR count). The monoisotopic (exact) mass is 281 g/mol. The van der Waals surface area contributed by atoms with E-state index >= 15 is 0 Å². The number of halogens is 1. The molecular formula is C15H20FNO3. The van der Waals surface area contributed by atoms with Gasteiger partial charge in [-0.3, -0.25) is 5.32 Å². The van der Waals surface area contributed by atoms with Crippen LogP contribution in [-0.2, 0) is 9.53 Å². The Morgan fingerprint density at radius 3 is 2.75 bits per heavy atom. The van der Waals surface area contributed by atoms with Gasteiger partial charge in [0.05, 0.1) is 7.11 Å². The third-order valence-electron chi connectivity index (χ3n) is 3.39. The van der Waals surface area contributed by atoms with Crippen LogP contribution in [0, 0.1) is 12.7 Å². The molecule has 0 spiro atoms. The predicted octanol–water partition coefficient (Wildman–Crippen LogP) is 2.20. The molecule has 1 saturated carbocycles. The number of aryl methyl sites for hydroxylation is 1. The van der Waals surface area contributed by atoms with Crippen molar-refractivity contribution in [3.8, 4) is 5.75 Å². The van der Waals surface area contributed by atoms with Crippen LogP contribution in [-0.4, -0.2) is 31.3 Å². The highest BCUT2D eigenvalue weighted by molar-refractivity contribution is 5.80. The fraction of sp³-hybridized carbons (Fsp3) is 0.533. The minimum Gasteiger partial charge on any atom is -0.491 e. The Balaban J connectivity index is 2.03. The zero-order valence-corrected chi connectivity index (χ0v) is 12.0. The van der Waals surface area contributed by atoms with E-state index in [1.54, 1.807) is 26.0 Å². The number of benzene rings is 1. The summed E-state index contributed by atoms with van der Waals surface area (Å²) in [6.45, 7) is 3.57. The second-order valence-corrected chi connectivity index (χ2v) is 5.44. The molecule has 0 bridgehead atoms. The van der Waals surface area contributed by atoms with Crippen molar-refractivity contribution >= 4 is 5.97 Å². The van der Waals surface area contributed by atoms with Crippen molar-refractivity contribution in [2.75, 3.05) is 13.7 Å². The topological polar surface area (TPSA) is 47.6 Å². The smallest absolute Gasteiger partial charge is 0.329 e. The quantitative estimate of drug-likeness (QED) is 0.812. The van der Waals surface area contributed by atoms with Crippen molar-refractivity contribution in [2.45, 2.75) is 38.3 Å². The average molecular weight is 281 g/mol. The molecule has 0 aliphatic heterocycles. The molecular weight excluding hydrogens is 261 g/mol. The highest BCUT2D eigenvalue weighted by Crippen LogP contribution is 2.24. The number of hydrogen-bond acceptors (Lipinski definition) is 4. The van der Waals surface area contributed by atoms with Gasteiger partial charge < -0.3 is 9.47 Å². The van der Waals surface area contributed by atoms with Crippen LogP contribution in [0.15, 0.2) is 18.2 Å². The van der Waals surface area contributed by atoms with Crippen LogP contribution in [0.4, 0.5) is 4.39 Å². The Hall–Kier alpha value is -1.62. The maximum Gasteiger partial charge on any atom is 0.329 e. The summed E-state index contributed by atoms with van der Waals surface area (Å²) in [5.74, 6) is -0.0935. The van der Waals surface area contributed by atoms with Crippen LogP contribution in [0.5, 0.6) is 5.75 Å². The summed E-state index contributed by atoms with van der Waals surface area (Å²) >= 11 is 0. The second kappa shape index (κ2) is 5.79. The fourth-order valence-corrected chi connectivity index (χ4v) is 2.00. The molecule has 1 atom stereocenters. The van der Waals surface area contributed by atoms with Gasteiger partial charge in [0.25, 0.3) is 0 Å². The first kappa shape index (κ1) is 14.8. The van der Waals surface area contributed by atoms with Gasteiger partial charge in [-0.2, -0.15) is 0 Å². The van der Waals surface area contributed by atoms with E-state index in [1.807, 2.05) is 0 Å². The summed E-state index contributed by atoms with van der Waals surface area (Å²) < 4.78 is 23.7. The molecule has 20 heavy (non-hydrogen) atoms. The Morgan fingerprint density at radius 2 is 2.20 bits per heavy atom. The standard InChI is InChI=1S/C15H20FNO3/c1-10-8-12(6-7-13(10)16)20-9-15(2,14(18)19-3)17-11-4-5-11/h6-8,11,17H,4-5,9H2,1-3H3. The first-order chi connectivity index (χ1) is 9.44. The number of carbonyl (C=O) groups excluding carboxylic acids is 1. The molecule has 0 saturated heterocycles. The maximum absolute atomic E-state index is 13.2. The van der Waals surface area contributed by atoms with Gasteiger partial charge in [-0.05, 0) is 50.5 Å². The van der Waals surface area contributed by atoms with E-state index in [2.05, 4.69) is 5.32 Å². The van der Waals surface area contributed by atoms with Crippen molar-refractivity contribution in [1.82, 2.24) is 5.32 Å². The number of esters is 1. The highest BCUT2D eigenvalue weighted by Gasteiger charge is 2.40. The Labute approximate surface area is 118 Å². The van der Waals surface area contributed by atoms with Gasteiger partial charge in [0, 0.05) is 6.04 Å². The number of carbonyl (C=O) groups is 1. The van der Waals surface area contributed by atoms with E-state index in [0.717, 1.165) is 12.8 Å². The van der Waals surface area contributed by atoms with Crippen LogP contribution >= 0.6 is 0 Å². The van der Waals surface area contributed by atoms with Gasteiger partial charge in [0.15, 0.2) is 0 Å². The molecule has 1 N–H and O–H groups in total. The molecule has 1 aromatic carbocycles. The van der Waals surface area contributed by atoms with Crippen LogP contribution < -0.4 is 10.1 Å². The van der Waals surface area contributed by atoms with Crippen molar-refractivity contribution in [3.63, 3.8) is 0 Å². The number of methoxy groups -OCH3 is 1. The number of nitrogens with one attached hydrogen (secondary N) is 1. The normalized spacial score (nSPS) is 17.4. The van der Waals surface area contributed by atoms with E-state index in [-0.39, 0.29) is 18.4 Å². The van der Waals surface area contributed by atoms with Crippen LogP contribution in [0.25, 0.3) is 0 Å². The highest BCUT2D eigenvalue weighted by atomic mass is 19.1. The lowest BCUT2D eigenvalue weighted by Crippen LogP contribution is -2.55. The Bertz CT molecular complexity index is 502. The van der Waals surface area contributed by atoms with Crippen LogP contribution in [0.2, 0.25) is 0 Å². The first-order valence-electron chi connectivity index (χ1n) is 6.70. The summed E-state index contributed by atoms with van der Waals surface area (Å²) in [7, 11) is 1.36. The summed E-state index contributed by atoms with van der Waals surface area (Å²) in [4.78, 5) is 11.9. The van der Waals surface area contributed by atoms with Gasteiger partial charge in [0.2, 0.25) is 0 Å². The number of hydrogen-bond donors (Lipinski definition) is 1. The summed E-state index contributed by atoms with van der Waals surface area (Å²) in [6, 6.07) is 4.87. The molecule has 1 fully saturated rings. The summed E-state index contributed by atoms with van der Waals surface area (Å²) in [5, 5.41) is 3.24. The third kappa shape index (κ3) is 3.48. The van der Waals surface area contributed by atoms with Gasteiger partial charge >= 0.3 is 5.97 Å². The molecule has 0 heterocycles. The molecule has 0 amide bonds. The van der Waals surface area contributed by atoms with Crippen LogP contribution in [0.3, 0.4) is 0 Å². The van der Waals surface area contributed by atoms with E-state index < -0.39 is 5.54 Å². The minimum atomic E-state index is -0.891. The predicted molar refractivity (Wildman–Crippen MR) is 73.2 cm³/mol. The molecule has 1 aliphatic carbocycles. The SMILES string of the molecule is COC(=O)C(C)(COc1ccc(F)c(C)c1)NC1CC1. The molecule has 0 aromatic heterocycles. The maximum atomic E-state index is 13.2. The molecule has 4 nitrogen and oxygen atoms in total. The van der Waals surface area contributed by atoms with E-state index in [1.165, 1.54) is 13.2 Å². The largest absolute Gasteiger partial charge is 0.491 e. The lowest BCUT2D eigenvalue weighted by atomic mass is 10.0. The zero-order valence-electron chi connectivity index (χ0n) is 12.0. The van der Waals surface area contributed by atoms with Gasteiger partial charge in [0.1, 0.15) is 23.7 Å². The van der Waals surface area contributed by atoms with Crippen molar-refractivity contribution < 1.29 is 18.7 Å². The van der Waals surface area contributed by atoms with Gasteiger partial charge in [-0.25, -0.2) is 9.18 Å². The second-order valence-electron chi connectivity index (χ2n) is 5.44. The summed E-state index contributed by atoms with van der Waals surface area (Å²) in [6.07, 6.45) is 2.12. The number of rotatable bonds is 6. The van der Waals surface area contributed by atoms with E-state index in [9.17, 15) is 9.18 Å². The van der Waals surface area contributed by atoms with Gasteiger partial charge in [-0.15, -0.1) is 0 Å². The molecule has 1 aliphatic rings. The lowest BCUT2D eigenvalue weighted by Gasteiger charge is -2.28. The third-order valence-corrected chi connectivity index (χ3v) is 3.39. The van der Waals surface area contributed by atoms with Crippen molar-refractivity contribution in [2.24, 2.45) is 0 Å². The summed E-state index contributed by atoms with van der Waals surface area (Å²) in [5.41, 5.74) is -0.379. The zero-order chi connectivity index (χ0) is 14.8. The Kier molecular flexibility index (Phi) is 4.28. The minimum absolute atomic E-state index is 0.140. The first-order valence-corrected chi connectivity index (χ1v) is 6.70. The molecule has 1 unspecified atom stereocenters. The van der Waals surface area contributed by atoms with Crippen molar-refractivity contribution in [1.29, 1.82) is 0 Å². The molecule has 0 radical (unpaired) electrons. The Morgan fingerprint density at radius 1 is 1.50 bits per heavy atom. The molecule has 5 heteroatoms. The van der Waals surface area contributed by atoms with E-state index in [0.29, 0.717) is 17.4 Å².